The molecule has 5 heteroatoms. The van der Waals surface area contributed by atoms with Gasteiger partial charge in [0, 0.05) is 19.6 Å². The molecule has 5 nitrogen and oxygen atoms in total. The van der Waals surface area contributed by atoms with Crippen molar-refractivity contribution in [1.82, 2.24) is 4.90 Å². The van der Waals surface area contributed by atoms with Crippen LogP contribution in [-0.4, -0.2) is 67.8 Å². The van der Waals surface area contributed by atoms with Gasteiger partial charge < -0.3 is 19.7 Å². The van der Waals surface area contributed by atoms with Gasteiger partial charge in [-0.25, -0.2) is 0 Å². The van der Waals surface area contributed by atoms with Crippen molar-refractivity contribution in [2.45, 2.75) is 0 Å². The summed E-state index contributed by atoms with van der Waals surface area (Å²) in [5.41, 5.74) is 0. The van der Waals surface area contributed by atoms with Crippen molar-refractivity contribution < 1.29 is 19.7 Å². The van der Waals surface area contributed by atoms with Crippen LogP contribution in [0.2, 0.25) is 0 Å². The summed E-state index contributed by atoms with van der Waals surface area (Å²) in [5, 5.41) is 17.7. The largest absolute Gasteiger partial charge is 0.491 e. The molecule has 1 aromatic rings. The summed E-state index contributed by atoms with van der Waals surface area (Å²) in [5.74, 6) is 0.841. The lowest BCUT2D eigenvalue weighted by molar-refractivity contribution is 0.0695. The van der Waals surface area contributed by atoms with Gasteiger partial charge in [0.05, 0.1) is 26.4 Å². The molecule has 0 saturated carbocycles. The topological polar surface area (TPSA) is 62.2 Å². The van der Waals surface area contributed by atoms with Crippen LogP contribution in [0.3, 0.4) is 0 Å². The number of hydrogen-bond acceptors (Lipinski definition) is 5. The Kier molecular flexibility index (Phi) is 9.01. The minimum atomic E-state index is 0.0944. The van der Waals surface area contributed by atoms with Crippen molar-refractivity contribution in [2.24, 2.45) is 0 Å². The highest BCUT2D eigenvalue weighted by molar-refractivity contribution is 5.20. The Morgan fingerprint density at radius 3 is 2.16 bits per heavy atom. The molecule has 0 heterocycles. The quantitative estimate of drug-likeness (QED) is 0.568. The first-order valence-electron chi connectivity index (χ1n) is 6.56. The minimum absolute atomic E-state index is 0.0944. The lowest BCUT2D eigenvalue weighted by atomic mass is 10.3. The van der Waals surface area contributed by atoms with Crippen molar-refractivity contribution in [3.8, 4) is 5.75 Å². The van der Waals surface area contributed by atoms with E-state index >= 15 is 0 Å². The number of rotatable bonds is 11. The summed E-state index contributed by atoms with van der Waals surface area (Å²) in [4.78, 5) is 1.96. The highest BCUT2D eigenvalue weighted by atomic mass is 16.5. The number of nitrogens with zero attached hydrogens (tertiary/aromatic N) is 1. The van der Waals surface area contributed by atoms with E-state index in [9.17, 15) is 0 Å². The Balaban J connectivity index is 2.01. The summed E-state index contributed by atoms with van der Waals surface area (Å²) in [6, 6.07) is 9.62. The van der Waals surface area contributed by atoms with Gasteiger partial charge in [-0.05, 0) is 12.1 Å². The lowest BCUT2D eigenvalue weighted by Gasteiger charge is -2.19. The first kappa shape index (κ1) is 15.9. The van der Waals surface area contributed by atoms with Crippen LogP contribution in [0.1, 0.15) is 0 Å². The molecule has 0 aromatic heterocycles. The van der Waals surface area contributed by atoms with Crippen LogP contribution in [0, 0.1) is 0 Å². The smallest absolute Gasteiger partial charge is 0.119 e. The fourth-order valence-corrected chi connectivity index (χ4v) is 1.65. The third kappa shape index (κ3) is 7.79. The van der Waals surface area contributed by atoms with Crippen LogP contribution in [-0.2, 0) is 4.74 Å². The molecule has 0 fully saturated rings. The first-order valence-corrected chi connectivity index (χ1v) is 6.56. The molecule has 0 unspecified atom stereocenters. The Bertz CT molecular complexity index is 302. The second-order valence-electron chi connectivity index (χ2n) is 4.06. The molecule has 0 radical (unpaired) electrons. The van der Waals surface area contributed by atoms with Crippen LogP contribution in [0.15, 0.2) is 30.3 Å². The van der Waals surface area contributed by atoms with Crippen LogP contribution in [0.25, 0.3) is 0 Å². The minimum Gasteiger partial charge on any atom is -0.491 e. The normalized spacial score (nSPS) is 10.9. The van der Waals surface area contributed by atoms with E-state index in [1.54, 1.807) is 0 Å². The number of aliphatic hydroxyl groups excluding tert-OH is 2. The van der Waals surface area contributed by atoms with Gasteiger partial charge in [0.15, 0.2) is 0 Å². The van der Waals surface area contributed by atoms with Crippen molar-refractivity contribution in [1.29, 1.82) is 0 Å². The maximum Gasteiger partial charge on any atom is 0.119 e. The lowest BCUT2D eigenvalue weighted by Crippen LogP contribution is -2.33. The van der Waals surface area contributed by atoms with Crippen LogP contribution in [0.4, 0.5) is 0 Å². The first-order chi connectivity index (χ1) is 9.36. The zero-order chi connectivity index (χ0) is 13.8. The maximum absolute atomic E-state index is 8.85. The number of benzene rings is 1. The molecule has 0 bridgehead atoms. The Labute approximate surface area is 114 Å². The highest BCUT2D eigenvalue weighted by Crippen LogP contribution is 2.07. The third-order valence-corrected chi connectivity index (χ3v) is 2.62. The monoisotopic (exact) mass is 269 g/mol. The number of para-hydroxylation sites is 1. The standard InChI is InChI=1S/C14H23NO4/c16-9-6-15(7-10-17)8-11-18-12-13-19-14-4-2-1-3-5-14/h1-5,16-17H,6-13H2. The molecule has 1 aromatic carbocycles. The summed E-state index contributed by atoms with van der Waals surface area (Å²) in [7, 11) is 0. The summed E-state index contributed by atoms with van der Waals surface area (Å²) < 4.78 is 10.9. The average molecular weight is 269 g/mol. The van der Waals surface area contributed by atoms with Crippen LogP contribution in [0.5, 0.6) is 5.75 Å². The molecular weight excluding hydrogens is 246 g/mol. The molecule has 2 N–H and O–H groups in total. The predicted octanol–water partition coefficient (Wildman–Crippen LogP) is 0.369. The Morgan fingerprint density at radius 1 is 0.842 bits per heavy atom. The fourth-order valence-electron chi connectivity index (χ4n) is 1.65. The molecule has 0 saturated heterocycles. The van der Waals surface area contributed by atoms with E-state index < -0.39 is 0 Å². The van der Waals surface area contributed by atoms with E-state index in [4.69, 9.17) is 19.7 Å². The van der Waals surface area contributed by atoms with E-state index in [1.165, 1.54) is 0 Å². The molecule has 0 aliphatic heterocycles. The number of aliphatic hydroxyl groups is 2. The van der Waals surface area contributed by atoms with Gasteiger partial charge in [-0.1, -0.05) is 18.2 Å². The van der Waals surface area contributed by atoms with Crippen molar-refractivity contribution in [3.63, 3.8) is 0 Å². The van der Waals surface area contributed by atoms with Crippen LogP contribution < -0.4 is 4.74 Å². The van der Waals surface area contributed by atoms with Crippen molar-refractivity contribution >= 4 is 0 Å². The van der Waals surface area contributed by atoms with Gasteiger partial charge in [-0.2, -0.15) is 0 Å². The van der Waals surface area contributed by atoms with Crippen molar-refractivity contribution in [2.75, 3.05) is 52.7 Å². The summed E-state index contributed by atoms with van der Waals surface area (Å²) in [6.07, 6.45) is 0. The number of ether oxygens (including phenoxy) is 2. The predicted molar refractivity (Wildman–Crippen MR) is 73.4 cm³/mol. The summed E-state index contributed by atoms with van der Waals surface area (Å²) in [6.45, 7) is 3.62. The molecule has 1 rings (SSSR count). The second-order valence-corrected chi connectivity index (χ2v) is 4.06. The molecule has 0 spiro atoms. The van der Waals surface area contributed by atoms with Gasteiger partial charge in [0.2, 0.25) is 0 Å². The van der Waals surface area contributed by atoms with Gasteiger partial charge in [0.1, 0.15) is 12.4 Å². The Morgan fingerprint density at radius 2 is 1.53 bits per heavy atom. The van der Waals surface area contributed by atoms with E-state index in [-0.39, 0.29) is 13.2 Å². The molecule has 108 valence electrons. The fraction of sp³-hybridized carbons (Fsp3) is 0.571. The molecule has 0 atom stereocenters. The molecule has 19 heavy (non-hydrogen) atoms. The Hall–Kier alpha value is -1.14. The van der Waals surface area contributed by atoms with Gasteiger partial charge >= 0.3 is 0 Å². The third-order valence-electron chi connectivity index (χ3n) is 2.62. The molecule has 0 aliphatic rings. The molecule has 0 amide bonds. The number of hydrogen-bond donors (Lipinski definition) is 2. The van der Waals surface area contributed by atoms with Crippen LogP contribution >= 0.6 is 0 Å². The van der Waals surface area contributed by atoms with E-state index in [1.807, 2.05) is 35.2 Å². The zero-order valence-corrected chi connectivity index (χ0v) is 11.2. The summed E-state index contributed by atoms with van der Waals surface area (Å²) >= 11 is 0. The van der Waals surface area contributed by atoms with Gasteiger partial charge in [-0.3, -0.25) is 4.90 Å². The molecular formula is C14H23NO4. The zero-order valence-electron chi connectivity index (χ0n) is 11.2. The van der Waals surface area contributed by atoms with Gasteiger partial charge in [0.25, 0.3) is 0 Å². The van der Waals surface area contributed by atoms with E-state index in [0.29, 0.717) is 39.5 Å². The van der Waals surface area contributed by atoms with E-state index in [2.05, 4.69) is 0 Å². The molecule has 0 aliphatic carbocycles. The SMILES string of the molecule is OCCN(CCO)CCOCCOc1ccccc1. The highest BCUT2D eigenvalue weighted by Gasteiger charge is 2.02. The maximum atomic E-state index is 8.85. The van der Waals surface area contributed by atoms with E-state index in [0.717, 1.165) is 5.75 Å². The second kappa shape index (κ2) is 10.8. The van der Waals surface area contributed by atoms with Gasteiger partial charge in [-0.15, -0.1) is 0 Å². The van der Waals surface area contributed by atoms with Crippen molar-refractivity contribution in [3.05, 3.63) is 30.3 Å². The average Bonchev–Trinajstić information content (AvgIpc) is 2.44.